The highest BCUT2D eigenvalue weighted by atomic mass is 32.1. The van der Waals surface area contributed by atoms with E-state index in [4.69, 9.17) is 9.47 Å². The van der Waals surface area contributed by atoms with Crippen molar-refractivity contribution in [1.82, 2.24) is 9.97 Å². The summed E-state index contributed by atoms with van der Waals surface area (Å²) in [6, 6.07) is 12.3. The molecule has 8 heteroatoms. The summed E-state index contributed by atoms with van der Waals surface area (Å²) < 4.78 is 10.7. The Morgan fingerprint density at radius 3 is 2.66 bits per heavy atom. The quantitative estimate of drug-likeness (QED) is 0.473. The van der Waals surface area contributed by atoms with Crippen LogP contribution in [0.15, 0.2) is 54.2 Å². The van der Waals surface area contributed by atoms with Crippen LogP contribution in [-0.2, 0) is 0 Å². The first-order valence-corrected chi connectivity index (χ1v) is 9.53. The molecule has 0 unspecified atom stereocenters. The molecule has 0 aliphatic rings. The summed E-state index contributed by atoms with van der Waals surface area (Å²) in [5.74, 6) is 0.896. The van der Waals surface area contributed by atoms with E-state index in [2.05, 4.69) is 15.3 Å². The van der Waals surface area contributed by atoms with Gasteiger partial charge in [0.25, 0.3) is 0 Å². The Balaban J connectivity index is 1.81. The molecule has 4 aromatic rings. The largest absolute Gasteiger partial charge is 0.493 e. The summed E-state index contributed by atoms with van der Waals surface area (Å²) >= 11 is 1.51. The fourth-order valence-corrected chi connectivity index (χ4v) is 3.97. The van der Waals surface area contributed by atoms with Crippen LogP contribution >= 0.6 is 11.3 Å². The molecular formula is C21H17N3O4S. The summed E-state index contributed by atoms with van der Waals surface area (Å²) in [6.07, 6.45) is 1.49. The summed E-state index contributed by atoms with van der Waals surface area (Å²) in [5, 5.41) is 15.3. The molecule has 4 rings (SSSR count). The number of carboxylic acids is 1. The third-order valence-electron chi connectivity index (χ3n) is 4.44. The van der Waals surface area contributed by atoms with Gasteiger partial charge in [-0.25, -0.2) is 14.8 Å². The number of ether oxygens (including phenoxy) is 2. The normalized spacial score (nSPS) is 10.7. The van der Waals surface area contributed by atoms with Gasteiger partial charge >= 0.3 is 5.97 Å². The van der Waals surface area contributed by atoms with Crippen molar-refractivity contribution in [1.29, 1.82) is 0 Å². The molecule has 0 saturated heterocycles. The van der Waals surface area contributed by atoms with Crippen molar-refractivity contribution in [2.24, 2.45) is 0 Å². The van der Waals surface area contributed by atoms with Gasteiger partial charge in [-0.15, -0.1) is 11.3 Å². The predicted molar refractivity (Wildman–Crippen MR) is 113 cm³/mol. The molecule has 0 atom stereocenters. The van der Waals surface area contributed by atoms with Crippen molar-refractivity contribution in [3.05, 3.63) is 59.7 Å². The van der Waals surface area contributed by atoms with Crippen molar-refractivity contribution in [3.8, 4) is 22.6 Å². The van der Waals surface area contributed by atoms with Gasteiger partial charge in [-0.1, -0.05) is 12.1 Å². The number of carboxylic acid groups (broad SMARTS) is 1. The molecule has 2 heterocycles. The van der Waals surface area contributed by atoms with E-state index in [1.165, 1.54) is 17.7 Å². The number of carbonyl (C=O) groups is 1. The van der Waals surface area contributed by atoms with Crippen LogP contribution in [0.5, 0.6) is 11.5 Å². The number of benzene rings is 2. The van der Waals surface area contributed by atoms with Gasteiger partial charge in [-0.3, -0.25) is 0 Å². The molecule has 0 fully saturated rings. The topological polar surface area (TPSA) is 93.6 Å². The van der Waals surface area contributed by atoms with Gasteiger partial charge in [-0.2, -0.15) is 0 Å². The van der Waals surface area contributed by atoms with Gasteiger partial charge in [-0.05, 0) is 35.9 Å². The van der Waals surface area contributed by atoms with Crippen LogP contribution in [0.2, 0.25) is 0 Å². The number of thiophene rings is 1. The Morgan fingerprint density at radius 2 is 1.90 bits per heavy atom. The average molecular weight is 407 g/mol. The molecule has 0 aliphatic carbocycles. The number of aromatic carboxylic acids is 1. The Hall–Kier alpha value is -3.65. The zero-order valence-electron chi connectivity index (χ0n) is 15.7. The molecule has 0 spiro atoms. The van der Waals surface area contributed by atoms with Gasteiger partial charge in [0.2, 0.25) is 0 Å². The first-order chi connectivity index (χ1) is 14.1. The fourth-order valence-electron chi connectivity index (χ4n) is 3.05. The van der Waals surface area contributed by atoms with Crippen LogP contribution in [0, 0.1) is 0 Å². The lowest BCUT2D eigenvalue weighted by molar-refractivity contribution is 0.0697. The number of anilines is 2. The second-order valence-electron chi connectivity index (χ2n) is 6.13. The molecule has 0 bridgehead atoms. The summed E-state index contributed by atoms with van der Waals surface area (Å²) in [4.78, 5) is 20.8. The van der Waals surface area contributed by atoms with E-state index in [9.17, 15) is 9.90 Å². The Kier molecular flexibility index (Phi) is 5.01. The minimum Gasteiger partial charge on any atom is -0.493 e. The van der Waals surface area contributed by atoms with Crippen molar-refractivity contribution in [2.45, 2.75) is 0 Å². The highest BCUT2D eigenvalue weighted by molar-refractivity contribution is 7.17. The Bertz CT molecular complexity index is 1210. The van der Waals surface area contributed by atoms with Gasteiger partial charge in [0.1, 0.15) is 17.0 Å². The molecule has 2 N–H and O–H groups in total. The minimum atomic E-state index is -0.983. The molecule has 7 nitrogen and oxygen atoms in total. The lowest BCUT2D eigenvalue weighted by Gasteiger charge is -2.11. The average Bonchev–Trinajstić information content (AvgIpc) is 3.18. The van der Waals surface area contributed by atoms with E-state index in [0.29, 0.717) is 23.0 Å². The molecule has 0 saturated carbocycles. The van der Waals surface area contributed by atoms with Crippen molar-refractivity contribution >= 4 is 39.0 Å². The van der Waals surface area contributed by atoms with E-state index in [-0.39, 0.29) is 5.56 Å². The smallest absolute Gasteiger partial charge is 0.335 e. The molecular weight excluding hydrogens is 390 g/mol. The number of aromatic nitrogens is 2. The lowest BCUT2D eigenvalue weighted by Crippen LogP contribution is -1.99. The van der Waals surface area contributed by atoms with E-state index < -0.39 is 5.97 Å². The second kappa shape index (κ2) is 7.76. The molecule has 0 aliphatic heterocycles. The van der Waals surface area contributed by atoms with Crippen molar-refractivity contribution in [2.75, 3.05) is 19.5 Å². The van der Waals surface area contributed by atoms with Crippen LogP contribution in [-0.4, -0.2) is 35.3 Å². The summed E-state index contributed by atoms with van der Waals surface area (Å²) in [6.45, 7) is 0. The number of hydrogen-bond acceptors (Lipinski definition) is 7. The van der Waals surface area contributed by atoms with Gasteiger partial charge in [0, 0.05) is 16.6 Å². The number of nitrogens with zero attached hydrogens (tertiary/aromatic N) is 2. The molecule has 0 amide bonds. The first kappa shape index (κ1) is 18.7. The first-order valence-electron chi connectivity index (χ1n) is 8.65. The molecule has 29 heavy (non-hydrogen) atoms. The Morgan fingerprint density at radius 1 is 1.07 bits per heavy atom. The Labute approximate surface area is 170 Å². The van der Waals surface area contributed by atoms with Crippen molar-refractivity contribution < 1.29 is 19.4 Å². The number of nitrogens with one attached hydrogen (secondary N) is 1. The van der Waals surface area contributed by atoms with Gasteiger partial charge in [0.15, 0.2) is 11.5 Å². The monoisotopic (exact) mass is 407 g/mol. The molecule has 0 radical (unpaired) electrons. The SMILES string of the molecule is COc1ccc(-c2csc3ncnc(Nc4cccc(C(=O)O)c4)c23)cc1OC. The van der Waals surface area contributed by atoms with E-state index in [1.807, 2.05) is 23.6 Å². The standard InChI is InChI=1S/C21H17N3O4S/c1-27-16-7-6-12(9-17(16)28-2)15-10-29-20-18(15)19(22-11-23-20)24-14-5-3-4-13(8-14)21(25)26/h3-11H,1-2H3,(H,25,26)(H,22,23,24). The number of hydrogen-bond donors (Lipinski definition) is 2. The van der Waals surface area contributed by atoms with Crippen LogP contribution < -0.4 is 14.8 Å². The van der Waals surface area contributed by atoms with E-state index in [1.54, 1.807) is 38.5 Å². The van der Waals surface area contributed by atoms with Crippen LogP contribution in [0.1, 0.15) is 10.4 Å². The van der Waals surface area contributed by atoms with Crippen LogP contribution in [0.3, 0.4) is 0 Å². The second-order valence-corrected chi connectivity index (χ2v) is 6.99. The highest BCUT2D eigenvalue weighted by Crippen LogP contribution is 2.40. The molecule has 2 aromatic heterocycles. The van der Waals surface area contributed by atoms with E-state index in [0.717, 1.165) is 21.3 Å². The maximum absolute atomic E-state index is 11.3. The fraction of sp³-hybridized carbons (Fsp3) is 0.0952. The summed E-state index contributed by atoms with van der Waals surface area (Å²) in [5.41, 5.74) is 2.72. The third kappa shape index (κ3) is 3.57. The lowest BCUT2D eigenvalue weighted by atomic mass is 10.1. The zero-order valence-corrected chi connectivity index (χ0v) is 16.5. The van der Waals surface area contributed by atoms with Gasteiger partial charge in [0.05, 0.1) is 25.2 Å². The molecule has 2 aromatic carbocycles. The van der Waals surface area contributed by atoms with E-state index >= 15 is 0 Å². The zero-order chi connectivity index (χ0) is 20.4. The number of fused-ring (bicyclic) bond motifs is 1. The number of rotatable bonds is 6. The van der Waals surface area contributed by atoms with Crippen molar-refractivity contribution in [3.63, 3.8) is 0 Å². The predicted octanol–water partition coefficient (Wildman–Crippen LogP) is 4.82. The minimum absolute atomic E-state index is 0.200. The highest BCUT2D eigenvalue weighted by Gasteiger charge is 2.15. The number of methoxy groups -OCH3 is 2. The maximum atomic E-state index is 11.3. The third-order valence-corrected chi connectivity index (χ3v) is 5.32. The maximum Gasteiger partial charge on any atom is 0.335 e. The molecule has 146 valence electrons. The van der Waals surface area contributed by atoms with Crippen LogP contribution in [0.25, 0.3) is 21.3 Å². The van der Waals surface area contributed by atoms with Gasteiger partial charge < -0.3 is 19.9 Å². The van der Waals surface area contributed by atoms with Crippen LogP contribution in [0.4, 0.5) is 11.5 Å². The summed E-state index contributed by atoms with van der Waals surface area (Å²) in [7, 11) is 3.19.